The van der Waals surface area contributed by atoms with Gasteiger partial charge in [0.15, 0.2) is 5.69 Å². The van der Waals surface area contributed by atoms with Crippen molar-refractivity contribution in [2.75, 3.05) is 18.8 Å². The first-order chi connectivity index (χ1) is 9.47. The lowest BCUT2D eigenvalue weighted by atomic mass is 10.1. The van der Waals surface area contributed by atoms with Crippen molar-refractivity contribution in [2.45, 2.75) is 39.5 Å². The number of H-pyrrole nitrogens is 1. The number of nitrogens with zero attached hydrogens (tertiary/aromatic N) is 1. The van der Waals surface area contributed by atoms with Gasteiger partial charge in [0.05, 0.1) is 11.4 Å². The van der Waals surface area contributed by atoms with E-state index in [1.807, 2.05) is 20.8 Å². The average Bonchev–Trinajstić information content (AvgIpc) is 2.78. The minimum absolute atomic E-state index is 0.0787. The van der Waals surface area contributed by atoms with Gasteiger partial charge in [0, 0.05) is 19.5 Å². The first-order valence-electron chi connectivity index (χ1n) is 6.86. The molecule has 7 heteroatoms. The van der Waals surface area contributed by atoms with E-state index in [0.29, 0.717) is 12.2 Å². The minimum atomic E-state index is -0.367. The van der Waals surface area contributed by atoms with E-state index in [0.717, 1.165) is 12.1 Å². The second kappa shape index (κ2) is 7.52. The Bertz CT molecular complexity index is 467. The lowest BCUT2D eigenvalue weighted by Crippen LogP contribution is -2.31. The number of amides is 2. The number of nitrogens with one attached hydrogen (secondary N) is 3. The average molecular weight is 281 g/mol. The van der Waals surface area contributed by atoms with Crippen LogP contribution in [0.5, 0.6) is 0 Å². The molecule has 0 bridgehead atoms. The van der Waals surface area contributed by atoms with Crippen molar-refractivity contribution in [3.05, 3.63) is 11.4 Å². The number of carbonyl (C=O) groups is 2. The van der Waals surface area contributed by atoms with E-state index in [4.69, 9.17) is 5.73 Å². The summed E-state index contributed by atoms with van der Waals surface area (Å²) in [7, 11) is 0. The Morgan fingerprint density at radius 3 is 2.55 bits per heavy atom. The second-order valence-electron chi connectivity index (χ2n) is 4.91. The summed E-state index contributed by atoms with van der Waals surface area (Å²) in [5.74, 6) is -0.275. The molecule has 0 unspecified atom stereocenters. The first kappa shape index (κ1) is 16.0. The number of hydrogen-bond donors (Lipinski definition) is 4. The van der Waals surface area contributed by atoms with Crippen molar-refractivity contribution in [2.24, 2.45) is 0 Å². The number of carbonyl (C=O) groups excluding carboxylic acids is 2. The predicted octanol–water partition coefficient (Wildman–Crippen LogP) is 0.761. The Kier molecular flexibility index (Phi) is 6.02. The lowest BCUT2D eigenvalue weighted by Gasteiger charge is -2.05. The monoisotopic (exact) mass is 281 g/mol. The second-order valence-corrected chi connectivity index (χ2v) is 4.91. The van der Waals surface area contributed by atoms with Crippen LogP contribution in [-0.2, 0) is 4.79 Å². The van der Waals surface area contributed by atoms with Crippen LogP contribution in [-0.4, -0.2) is 35.1 Å². The molecular weight excluding hydrogens is 258 g/mol. The highest BCUT2D eigenvalue weighted by molar-refractivity contribution is 5.97. The van der Waals surface area contributed by atoms with Crippen LogP contribution in [0.2, 0.25) is 0 Å². The van der Waals surface area contributed by atoms with Gasteiger partial charge in [0.25, 0.3) is 5.91 Å². The molecule has 1 aromatic heterocycles. The van der Waals surface area contributed by atoms with Gasteiger partial charge in [-0.1, -0.05) is 20.8 Å². The van der Waals surface area contributed by atoms with Crippen LogP contribution in [0.4, 0.5) is 5.69 Å². The van der Waals surface area contributed by atoms with Gasteiger partial charge in [-0.25, -0.2) is 0 Å². The van der Waals surface area contributed by atoms with E-state index in [9.17, 15) is 9.59 Å². The molecule has 1 heterocycles. The van der Waals surface area contributed by atoms with Crippen molar-refractivity contribution >= 4 is 17.5 Å². The summed E-state index contributed by atoms with van der Waals surface area (Å²) in [6.07, 6.45) is 1.13. The highest BCUT2D eigenvalue weighted by atomic mass is 16.2. The van der Waals surface area contributed by atoms with Crippen LogP contribution in [0.1, 0.15) is 55.7 Å². The van der Waals surface area contributed by atoms with Crippen LogP contribution in [0.15, 0.2) is 0 Å². The smallest absolute Gasteiger partial charge is 0.273 e. The van der Waals surface area contributed by atoms with E-state index in [-0.39, 0.29) is 36.4 Å². The van der Waals surface area contributed by atoms with E-state index in [1.165, 1.54) is 0 Å². The maximum Gasteiger partial charge on any atom is 0.273 e. The van der Waals surface area contributed by atoms with Gasteiger partial charge in [-0.05, 0) is 12.3 Å². The molecule has 0 atom stereocenters. The molecule has 5 N–H and O–H groups in total. The molecule has 0 radical (unpaired) electrons. The molecule has 0 aliphatic heterocycles. The zero-order valence-electron chi connectivity index (χ0n) is 12.2. The van der Waals surface area contributed by atoms with Crippen molar-refractivity contribution < 1.29 is 9.59 Å². The summed E-state index contributed by atoms with van der Waals surface area (Å²) >= 11 is 0. The molecule has 0 spiro atoms. The number of aromatic nitrogens is 2. The Balaban J connectivity index is 2.46. The number of nitrogen functional groups attached to an aromatic ring is 1. The lowest BCUT2D eigenvalue weighted by molar-refractivity contribution is -0.120. The summed E-state index contributed by atoms with van der Waals surface area (Å²) in [6.45, 7) is 6.82. The molecular formula is C13H23N5O2. The van der Waals surface area contributed by atoms with Crippen molar-refractivity contribution in [3.8, 4) is 0 Å². The summed E-state index contributed by atoms with van der Waals surface area (Å²) in [5.41, 5.74) is 7.17. The molecule has 0 saturated carbocycles. The third kappa shape index (κ3) is 4.25. The Labute approximate surface area is 118 Å². The van der Waals surface area contributed by atoms with E-state index in [2.05, 4.69) is 20.8 Å². The molecule has 0 fully saturated rings. The summed E-state index contributed by atoms with van der Waals surface area (Å²) in [5, 5.41) is 12.1. The Hall–Kier alpha value is -2.05. The number of rotatable bonds is 7. The molecule has 0 aliphatic rings. The van der Waals surface area contributed by atoms with Gasteiger partial charge in [0.1, 0.15) is 0 Å². The van der Waals surface area contributed by atoms with E-state index < -0.39 is 0 Å². The summed E-state index contributed by atoms with van der Waals surface area (Å²) in [4.78, 5) is 23.3. The fraction of sp³-hybridized carbons (Fsp3) is 0.615. The number of nitrogens with two attached hydrogens (primary N) is 1. The van der Waals surface area contributed by atoms with Gasteiger partial charge in [0.2, 0.25) is 5.91 Å². The van der Waals surface area contributed by atoms with Crippen molar-refractivity contribution in [3.63, 3.8) is 0 Å². The van der Waals surface area contributed by atoms with Gasteiger partial charge in [-0.3, -0.25) is 14.7 Å². The topological polar surface area (TPSA) is 113 Å². The van der Waals surface area contributed by atoms with E-state index >= 15 is 0 Å². The maximum atomic E-state index is 11.9. The third-order valence-electron chi connectivity index (χ3n) is 2.84. The minimum Gasteiger partial charge on any atom is -0.395 e. The van der Waals surface area contributed by atoms with Gasteiger partial charge < -0.3 is 16.4 Å². The highest BCUT2D eigenvalue weighted by Gasteiger charge is 2.18. The molecule has 0 aliphatic carbocycles. The SMILES string of the molecule is CCCNC(=O)CCNC(=O)c1n[nH]c(C(C)C)c1N. The summed E-state index contributed by atoms with van der Waals surface area (Å²) in [6, 6.07) is 0. The number of anilines is 1. The molecule has 112 valence electrons. The molecule has 0 aromatic carbocycles. The van der Waals surface area contributed by atoms with E-state index in [1.54, 1.807) is 0 Å². The number of aromatic amines is 1. The molecule has 0 saturated heterocycles. The first-order valence-corrected chi connectivity index (χ1v) is 6.86. The fourth-order valence-electron chi connectivity index (χ4n) is 1.70. The largest absolute Gasteiger partial charge is 0.395 e. The standard InChI is InChI=1S/C13H23N5O2/c1-4-6-15-9(19)5-7-16-13(20)12-10(14)11(8(2)3)17-18-12/h8H,4-7,14H2,1-3H3,(H,15,19)(H,16,20)(H,17,18). The molecule has 7 nitrogen and oxygen atoms in total. The fourth-order valence-corrected chi connectivity index (χ4v) is 1.70. The van der Waals surface area contributed by atoms with Crippen LogP contribution >= 0.6 is 0 Å². The highest BCUT2D eigenvalue weighted by Crippen LogP contribution is 2.21. The van der Waals surface area contributed by atoms with Crippen LogP contribution in [0.25, 0.3) is 0 Å². The van der Waals surface area contributed by atoms with Crippen LogP contribution in [0, 0.1) is 0 Å². The van der Waals surface area contributed by atoms with Gasteiger partial charge >= 0.3 is 0 Å². The maximum absolute atomic E-state index is 11.9. The predicted molar refractivity (Wildman–Crippen MR) is 77.3 cm³/mol. The van der Waals surface area contributed by atoms with Crippen molar-refractivity contribution in [1.82, 2.24) is 20.8 Å². The molecule has 1 aromatic rings. The van der Waals surface area contributed by atoms with Gasteiger partial charge in [-0.2, -0.15) is 5.10 Å². The Morgan fingerprint density at radius 2 is 2.00 bits per heavy atom. The normalized spacial score (nSPS) is 10.6. The molecule has 1 rings (SSSR count). The van der Waals surface area contributed by atoms with Crippen molar-refractivity contribution in [1.29, 1.82) is 0 Å². The molecule has 20 heavy (non-hydrogen) atoms. The zero-order valence-corrected chi connectivity index (χ0v) is 12.2. The Morgan fingerprint density at radius 1 is 1.30 bits per heavy atom. The zero-order chi connectivity index (χ0) is 15.1. The quantitative estimate of drug-likeness (QED) is 0.591. The summed E-state index contributed by atoms with van der Waals surface area (Å²) < 4.78 is 0. The van der Waals surface area contributed by atoms with Gasteiger partial charge in [-0.15, -0.1) is 0 Å². The number of hydrogen-bond acceptors (Lipinski definition) is 4. The van der Waals surface area contributed by atoms with Crippen LogP contribution in [0.3, 0.4) is 0 Å². The van der Waals surface area contributed by atoms with Crippen LogP contribution < -0.4 is 16.4 Å². The third-order valence-corrected chi connectivity index (χ3v) is 2.84. The molecule has 2 amide bonds.